The minimum atomic E-state index is -3.38. The van der Waals surface area contributed by atoms with E-state index in [1.165, 1.54) is 15.5 Å². The van der Waals surface area contributed by atoms with Crippen LogP contribution in [0.3, 0.4) is 0 Å². The molecular formula is C28H26F2N4O4S. The van der Waals surface area contributed by atoms with Crippen LogP contribution >= 0.6 is 0 Å². The van der Waals surface area contributed by atoms with Crippen LogP contribution in [0.4, 0.5) is 20.2 Å². The Kier molecular flexibility index (Phi) is 5.87. The lowest BCUT2D eigenvalue weighted by molar-refractivity contribution is -0.122. The van der Waals surface area contributed by atoms with Crippen molar-refractivity contribution in [2.45, 2.75) is 24.6 Å². The van der Waals surface area contributed by atoms with Crippen LogP contribution in [-0.4, -0.2) is 36.7 Å². The Labute approximate surface area is 223 Å². The van der Waals surface area contributed by atoms with Gasteiger partial charge in [0, 0.05) is 60.4 Å². The SMILES string of the molecule is Cn1cc2c3c(c[nH]c3c1=O)C(C(=O)NCC1CC1)N(c1ccc(F)cc1F)c1ccc(CS(C)(=O)=O)cc1-2. The predicted octanol–water partition coefficient (Wildman–Crippen LogP) is 4.08. The molecule has 1 unspecified atom stereocenters. The number of nitrogens with zero attached hydrogens (tertiary/aromatic N) is 2. The van der Waals surface area contributed by atoms with Crippen molar-refractivity contribution in [3.63, 3.8) is 0 Å². The van der Waals surface area contributed by atoms with Crippen molar-refractivity contribution < 1.29 is 22.0 Å². The molecule has 2 aliphatic rings. The van der Waals surface area contributed by atoms with Gasteiger partial charge in [-0.15, -0.1) is 0 Å². The normalized spacial score (nSPS) is 16.7. The molecule has 6 rings (SSSR count). The van der Waals surface area contributed by atoms with Crippen LogP contribution in [0.2, 0.25) is 0 Å². The summed E-state index contributed by atoms with van der Waals surface area (Å²) in [6, 6.07) is 7.00. The second kappa shape index (κ2) is 9.04. The van der Waals surface area contributed by atoms with Crippen molar-refractivity contribution in [1.82, 2.24) is 14.9 Å². The summed E-state index contributed by atoms with van der Waals surface area (Å²) < 4.78 is 55.1. The van der Waals surface area contributed by atoms with Crippen LogP contribution in [0.5, 0.6) is 0 Å². The third kappa shape index (κ3) is 4.50. The van der Waals surface area contributed by atoms with Crippen molar-refractivity contribution >= 4 is 38.0 Å². The van der Waals surface area contributed by atoms with Gasteiger partial charge < -0.3 is 19.8 Å². The van der Waals surface area contributed by atoms with Gasteiger partial charge in [-0.05, 0) is 48.6 Å². The second-order valence-electron chi connectivity index (χ2n) is 10.4. The van der Waals surface area contributed by atoms with Crippen LogP contribution in [0.1, 0.15) is 30.0 Å². The first-order chi connectivity index (χ1) is 18.5. The van der Waals surface area contributed by atoms with Crippen LogP contribution in [0, 0.1) is 17.6 Å². The Morgan fingerprint density at radius 2 is 1.85 bits per heavy atom. The van der Waals surface area contributed by atoms with Gasteiger partial charge in [0.25, 0.3) is 5.56 Å². The number of rotatable bonds is 6. The zero-order valence-corrected chi connectivity index (χ0v) is 22.1. The molecule has 1 aliphatic carbocycles. The number of aromatic nitrogens is 2. The standard InChI is InChI=1S/C28H26F2N4O4S/c1-33-13-20-18-9-16(14-39(2,37)38)5-7-22(18)34(23-8-6-17(29)10-21(23)30)26(27(35)32-11-15-3-4-15)19-12-31-25(24(19)20)28(33)36/h5-10,12-13,15,26,31H,3-4,11,14H2,1-2H3,(H,32,35). The number of pyridine rings is 1. The highest BCUT2D eigenvalue weighted by Gasteiger charge is 2.38. The van der Waals surface area contributed by atoms with Crippen LogP contribution in [0.25, 0.3) is 22.0 Å². The molecule has 3 heterocycles. The maximum Gasteiger partial charge on any atom is 0.274 e. The van der Waals surface area contributed by atoms with Gasteiger partial charge >= 0.3 is 0 Å². The highest BCUT2D eigenvalue weighted by Crippen LogP contribution is 2.49. The molecule has 1 aliphatic heterocycles. The summed E-state index contributed by atoms with van der Waals surface area (Å²) in [6.07, 6.45) is 6.37. The molecule has 0 saturated heterocycles. The number of hydrogen-bond acceptors (Lipinski definition) is 5. The third-order valence-corrected chi connectivity index (χ3v) is 8.17. The van der Waals surface area contributed by atoms with Crippen molar-refractivity contribution in [2.24, 2.45) is 13.0 Å². The van der Waals surface area contributed by atoms with Crippen LogP contribution in [0.15, 0.2) is 53.6 Å². The number of halogens is 2. The zero-order valence-electron chi connectivity index (χ0n) is 21.3. The van der Waals surface area contributed by atoms with E-state index in [-0.39, 0.29) is 22.5 Å². The minimum absolute atomic E-state index is 0.0334. The van der Waals surface area contributed by atoms with Crippen molar-refractivity contribution in [3.05, 3.63) is 81.9 Å². The average molecular weight is 553 g/mol. The van der Waals surface area contributed by atoms with Gasteiger partial charge in [-0.2, -0.15) is 0 Å². The van der Waals surface area contributed by atoms with E-state index in [4.69, 9.17) is 0 Å². The number of carbonyl (C=O) groups excluding carboxylic acids is 1. The van der Waals surface area contributed by atoms with Gasteiger partial charge in [0.1, 0.15) is 23.2 Å². The van der Waals surface area contributed by atoms with E-state index >= 15 is 4.39 Å². The maximum atomic E-state index is 15.4. The summed E-state index contributed by atoms with van der Waals surface area (Å²) in [4.78, 5) is 31.5. The summed E-state index contributed by atoms with van der Waals surface area (Å²) in [7, 11) is -1.78. The number of nitrogens with one attached hydrogen (secondary N) is 2. The molecule has 1 atom stereocenters. The van der Waals surface area contributed by atoms with Crippen molar-refractivity contribution in [3.8, 4) is 11.1 Å². The van der Waals surface area contributed by atoms with E-state index < -0.39 is 33.4 Å². The van der Waals surface area contributed by atoms with E-state index in [1.54, 1.807) is 37.6 Å². The number of anilines is 2. The number of fused-ring (bicyclic) bond motifs is 2. The average Bonchev–Trinajstić information content (AvgIpc) is 3.61. The summed E-state index contributed by atoms with van der Waals surface area (Å²) in [5.74, 6) is -1.88. The van der Waals surface area contributed by atoms with Crippen molar-refractivity contribution in [2.75, 3.05) is 17.7 Å². The third-order valence-electron chi connectivity index (χ3n) is 7.31. The largest absolute Gasteiger partial charge is 0.356 e. The maximum absolute atomic E-state index is 15.4. The number of hydrogen-bond donors (Lipinski definition) is 2. The predicted molar refractivity (Wildman–Crippen MR) is 144 cm³/mol. The lowest BCUT2D eigenvalue weighted by Crippen LogP contribution is -2.39. The molecule has 1 saturated carbocycles. The lowest BCUT2D eigenvalue weighted by atomic mass is 9.98. The number of aryl methyl sites for hydroxylation is 1. The van der Waals surface area contributed by atoms with Crippen molar-refractivity contribution in [1.29, 1.82) is 0 Å². The molecule has 39 heavy (non-hydrogen) atoms. The molecule has 0 bridgehead atoms. The molecule has 8 nitrogen and oxygen atoms in total. The fraction of sp³-hybridized carbons (Fsp3) is 0.286. The van der Waals surface area contributed by atoms with Gasteiger partial charge in [0.05, 0.1) is 17.1 Å². The number of sulfone groups is 1. The molecule has 1 fully saturated rings. The number of aromatic amines is 1. The molecule has 0 spiro atoms. The highest BCUT2D eigenvalue weighted by atomic mass is 32.2. The van der Waals surface area contributed by atoms with E-state index in [0.717, 1.165) is 31.2 Å². The molecular weight excluding hydrogens is 526 g/mol. The second-order valence-corrected chi connectivity index (χ2v) is 12.6. The number of H-pyrrole nitrogens is 1. The van der Waals surface area contributed by atoms with Gasteiger partial charge in [0.15, 0.2) is 9.84 Å². The quantitative estimate of drug-likeness (QED) is 0.375. The van der Waals surface area contributed by atoms with Gasteiger partial charge in [-0.3, -0.25) is 9.59 Å². The first-order valence-electron chi connectivity index (χ1n) is 12.6. The lowest BCUT2D eigenvalue weighted by Gasteiger charge is -2.33. The van der Waals surface area contributed by atoms with Gasteiger partial charge in [-0.25, -0.2) is 17.2 Å². The first-order valence-corrected chi connectivity index (χ1v) is 14.6. The molecule has 2 N–H and O–H groups in total. The summed E-state index contributed by atoms with van der Waals surface area (Å²) in [5, 5.41) is 3.47. The smallest absolute Gasteiger partial charge is 0.274 e. The fourth-order valence-electron chi connectivity index (χ4n) is 5.36. The molecule has 1 amide bonds. The molecule has 202 valence electrons. The number of carbonyl (C=O) groups is 1. The topological polar surface area (TPSA) is 104 Å². The fourth-order valence-corrected chi connectivity index (χ4v) is 6.14. The Balaban J connectivity index is 1.68. The summed E-state index contributed by atoms with van der Waals surface area (Å²) in [6.45, 7) is 0.464. The Hall–Kier alpha value is -3.99. The first kappa shape index (κ1) is 25.3. The van der Waals surface area contributed by atoms with Crippen LogP contribution < -0.4 is 15.8 Å². The monoisotopic (exact) mass is 552 g/mol. The molecule has 0 radical (unpaired) electrons. The van der Waals surface area contributed by atoms with Crippen LogP contribution in [-0.2, 0) is 27.4 Å². The van der Waals surface area contributed by atoms with Gasteiger partial charge in [0.2, 0.25) is 5.91 Å². The molecule has 2 aromatic carbocycles. The summed E-state index contributed by atoms with van der Waals surface area (Å²) >= 11 is 0. The Morgan fingerprint density at radius 1 is 1.10 bits per heavy atom. The highest BCUT2D eigenvalue weighted by molar-refractivity contribution is 7.89. The zero-order chi connectivity index (χ0) is 27.6. The minimum Gasteiger partial charge on any atom is -0.356 e. The molecule has 2 aromatic heterocycles. The van der Waals surface area contributed by atoms with Gasteiger partial charge in [-0.1, -0.05) is 6.07 Å². The van der Waals surface area contributed by atoms with E-state index in [2.05, 4.69) is 10.3 Å². The Morgan fingerprint density at radius 3 is 2.54 bits per heavy atom. The van der Waals surface area contributed by atoms with E-state index in [9.17, 15) is 22.4 Å². The van der Waals surface area contributed by atoms with E-state index in [0.29, 0.717) is 45.8 Å². The number of benzene rings is 2. The van der Waals surface area contributed by atoms with E-state index in [1.807, 2.05) is 0 Å². The molecule has 11 heteroatoms. The number of amides is 1. The Bertz CT molecular complexity index is 1830. The summed E-state index contributed by atoms with van der Waals surface area (Å²) in [5.41, 5.74) is 2.38. The molecule has 4 aromatic rings.